The number of allylic oxidation sites excluding steroid dienone is 3. The molecule has 3 rings (SSSR count). The molecule has 0 bridgehead atoms. The van der Waals surface area contributed by atoms with Gasteiger partial charge in [-0.1, -0.05) is 48.4 Å². The highest BCUT2D eigenvalue weighted by Gasteiger charge is 2.23. The van der Waals surface area contributed by atoms with Gasteiger partial charge in [0.25, 0.3) is 0 Å². The molecule has 1 N–H and O–H groups in total. The molecule has 3 aromatic rings. The number of benzene rings is 1. The van der Waals surface area contributed by atoms with Gasteiger partial charge in [-0.3, -0.25) is 0 Å². The number of alkyl halides is 1. The van der Waals surface area contributed by atoms with Crippen molar-refractivity contribution in [3.05, 3.63) is 68.7 Å². The Bertz CT molecular complexity index is 1360. The zero-order valence-corrected chi connectivity index (χ0v) is 23.7. The standard InChI is InChI=1S/C24H28BrCl2N5O2S/c1-4-17(2)22(11-7-12-26)35(33,34)31(3)14-8-13-28-23-15-21(18-9-5-6-10-20(18)27)30-24-19(25)16-29-32(23)24/h5-7,9-11,15-16,28H,4,8,12-14H2,1-3H3/b11-7-,22-17+. The largest absolute Gasteiger partial charge is 0.370 e. The summed E-state index contributed by atoms with van der Waals surface area (Å²) in [5, 5.41) is 8.36. The zero-order valence-electron chi connectivity index (χ0n) is 19.8. The first kappa shape index (κ1) is 27.7. The van der Waals surface area contributed by atoms with Gasteiger partial charge in [0, 0.05) is 42.7 Å². The molecular weight excluding hydrogens is 573 g/mol. The molecule has 0 fully saturated rings. The Morgan fingerprint density at radius 2 is 2.06 bits per heavy atom. The molecule has 2 heterocycles. The summed E-state index contributed by atoms with van der Waals surface area (Å²) in [6.45, 7) is 4.64. The Morgan fingerprint density at radius 3 is 2.74 bits per heavy atom. The second-order valence-electron chi connectivity index (χ2n) is 7.90. The number of halogens is 3. The van der Waals surface area contributed by atoms with Crippen LogP contribution in [0.2, 0.25) is 5.02 Å². The molecule has 0 saturated carbocycles. The minimum Gasteiger partial charge on any atom is -0.370 e. The third-order valence-electron chi connectivity index (χ3n) is 5.53. The molecule has 0 radical (unpaired) electrons. The van der Waals surface area contributed by atoms with Crippen molar-refractivity contribution in [2.24, 2.45) is 0 Å². The van der Waals surface area contributed by atoms with Crippen molar-refractivity contribution in [3.63, 3.8) is 0 Å². The lowest BCUT2D eigenvalue weighted by molar-refractivity contribution is 0.471. The van der Waals surface area contributed by atoms with E-state index in [0.29, 0.717) is 47.2 Å². The van der Waals surface area contributed by atoms with Gasteiger partial charge in [0.1, 0.15) is 5.82 Å². The highest BCUT2D eigenvalue weighted by Crippen LogP contribution is 2.30. The van der Waals surface area contributed by atoms with Crippen molar-refractivity contribution < 1.29 is 8.42 Å². The number of fused-ring (bicyclic) bond motifs is 1. The number of hydrogen-bond donors (Lipinski definition) is 1. The second kappa shape index (κ2) is 12.4. The van der Waals surface area contributed by atoms with Crippen LogP contribution in [-0.4, -0.2) is 53.3 Å². The first-order chi connectivity index (χ1) is 16.7. The van der Waals surface area contributed by atoms with E-state index in [4.69, 9.17) is 28.2 Å². The van der Waals surface area contributed by atoms with Crippen LogP contribution < -0.4 is 5.32 Å². The van der Waals surface area contributed by atoms with Gasteiger partial charge in [-0.05, 0) is 47.8 Å². The molecule has 0 spiro atoms. The molecule has 11 heteroatoms. The maximum atomic E-state index is 13.1. The first-order valence-corrected chi connectivity index (χ1v) is 14.3. The van der Waals surface area contributed by atoms with E-state index < -0.39 is 10.0 Å². The summed E-state index contributed by atoms with van der Waals surface area (Å²) in [4.78, 5) is 5.01. The molecule has 35 heavy (non-hydrogen) atoms. The molecule has 0 aliphatic heterocycles. The van der Waals surface area contributed by atoms with Crippen molar-refractivity contribution in [2.45, 2.75) is 26.7 Å². The SMILES string of the molecule is CC/C(C)=C(\C=C/CCl)S(=O)(=O)N(C)CCCNc1cc(-c2ccccc2Cl)nc2c(Br)cnn12. The predicted octanol–water partition coefficient (Wildman–Crippen LogP) is 6.35. The van der Waals surface area contributed by atoms with Crippen LogP contribution in [0.3, 0.4) is 0 Å². The number of aromatic nitrogens is 3. The van der Waals surface area contributed by atoms with E-state index in [1.807, 2.05) is 44.2 Å². The van der Waals surface area contributed by atoms with Gasteiger partial charge < -0.3 is 5.32 Å². The van der Waals surface area contributed by atoms with Crippen molar-refractivity contribution in [2.75, 3.05) is 31.3 Å². The van der Waals surface area contributed by atoms with Crippen LogP contribution in [-0.2, 0) is 10.0 Å². The molecular formula is C24H28BrCl2N5O2S. The summed E-state index contributed by atoms with van der Waals surface area (Å²) in [6.07, 6.45) is 6.15. The van der Waals surface area contributed by atoms with Gasteiger partial charge >= 0.3 is 0 Å². The molecule has 2 aromatic heterocycles. The van der Waals surface area contributed by atoms with Crippen LogP contribution in [0.25, 0.3) is 16.9 Å². The van der Waals surface area contributed by atoms with Gasteiger partial charge in [-0.15, -0.1) is 11.6 Å². The maximum absolute atomic E-state index is 13.1. The second-order valence-corrected chi connectivity index (χ2v) is 11.5. The van der Waals surface area contributed by atoms with E-state index in [2.05, 4.69) is 26.3 Å². The molecule has 0 atom stereocenters. The summed E-state index contributed by atoms with van der Waals surface area (Å²) >= 11 is 15.6. The van der Waals surface area contributed by atoms with E-state index in [0.717, 1.165) is 21.4 Å². The van der Waals surface area contributed by atoms with Crippen LogP contribution in [0.1, 0.15) is 26.7 Å². The third-order valence-corrected chi connectivity index (χ3v) is 8.64. The van der Waals surface area contributed by atoms with Gasteiger partial charge in [-0.25, -0.2) is 17.7 Å². The van der Waals surface area contributed by atoms with Crippen molar-refractivity contribution >= 4 is 60.6 Å². The number of nitrogens with zero attached hydrogens (tertiary/aromatic N) is 4. The summed E-state index contributed by atoms with van der Waals surface area (Å²) in [5.41, 5.74) is 2.98. The summed E-state index contributed by atoms with van der Waals surface area (Å²) in [5.74, 6) is 0.984. The Balaban J connectivity index is 1.76. The summed E-state index contributed by atoms with van der Waals surface area (Å²) in [7, 11) is -2.02. The van der Waals surface area contributed by atoms with Crippen LogP contribution in [0, 0.1) is 0 Å². The monoisotopic (exact) mass is 599 g/mol. The fourth-order valence-corrected chi connectivity index (χ4v) is 5.68. The Morgan fingerprint density at radius 1 is 1.31 bits per heavy atom. The fourth-order valence-electron chi connectivity index (χ4n) is 3.45. The average Bonchev–Trinajstić information content (AvgIpc) is 3.22. The molecule has 0 unspecified atom stereocenters. The Kier molecular flexibility index (Phi) is 9.77. The van der Waals surface area contributed by atoms with E-state index in [1.165, 1.54) is 4.31 Å². The van der Waals surface area contributed by atoms with E-state index >= 15 is 0 Å². The molecule has 7 nitrogen and oxygen atoms in total. The number of hydrogen-bond acceptors (Lipinski definition) is 5. The number of nitrogens with one attached hydrogen (secondary N) is 1. The lowest BCUT2D eigenvalue weighted by Gasteiger charge is -2.20. The van der Waals surface area contributed by atoms with Gasteiger partial charge in [0.2, 0.25) is 10.0 Å². The highest BCUT2D eigenvalue weighted by atomic mass is 79.9. The highest BCUT2D eigenvalue weighted by molar-refractivity contribution is 9.10. The van der Waals surface area contributed by atoms with E-state index in [9.17, 15) is 8.42 Å². The minimum absolute atomic E-state index is 0.254. The van der Waals surface area contributed by atoms with Crippen LogP contribution >= 0.6 is 39.1 Å². The van der Waals surface area contributed by atoms with E-state index in [1.54, 1.807) is 29.9 Å². The Hall–Kier alpha value is -1.91. The zero-order chi connectivity index (χ0) is 25.6. The summed E-state index contributed by atoms with van der Waals surface area (Å²) < 4.78 is 30.1. The third kappa shape index (κ3) is 6.46. The molecule has 0 aliphatic rings. The number of rotatable bonds is 11. The van der Waals surface area contributed by atoms with Gasteiger partial charge in [0.05, 0.1) is 21.3 Å². The molecule has 0 saturated heterocycles. The molecule has 0 aliphatic carbocycles. The quantitative estimate of drug-likeness (QED) is 0.157. The first-order valence-electron chi connectivity index (χ1n) is 11.1. The molecule has 0 amide bonds. The fraction of sp³-hybridized carbons (Fsp3) is 0.333. The minimum atomic E-state index is -3.62. The molecule has 188 valence electrons. The van der Waals surface area contributed by atoms with Crippen LogP contribution in [0.5, 0.6) is 0 Å². The van der Waals surface area contributed by atoms with Crippen molar-refractivity contribution in [1.82, 2.24) is 18.9 Å². The number of sulfonamides is 1. The Labute approximate surface area is 225 Å². The topological polar surface area (TPSA) is 79.6 Å². The average molecular weight is 601 g/mol. The van der Waals surface area contributed by atoms with Gasteiger partial charge in [-0.2, -0.15) is 9.61 Å². The molecule has 1 aromatic carbocycles. The van der Waals surface area contributed by atoms with Crippen LogP contribution in [0.4, 0.5) is 5.82 Å². The lowest BCUT2D eigenvalue weighted by Crippen LogP contribution is -2.30. The number of anilines is 1. The smallest absolute Gasteiger partial charge is 0.242 e. The van der Waals surface area contributed by atoms with Crippen molar-refractivity contribution in [1.29, 1.82) is 0 Å². The van der Waals surface area contributed by atoms with Crippen molar-refractivity contribution in [3.8, 4) is 11.3 Å². The van der Waals surface area contributed by atoms with E-state index in [-0.39, 0.29) is 5.88 Å². The lowest BCUT2D eigenvalue weighted by atomic mass is 10.1. The normalized spacial score (nSPS) is 13.1. The summed E-state index contributed by atoms with van der Waals surface area (Å²) in [6, 6.07) is 9.40. The maximum Gasteiger partial charge on any atom is 0.242 e. The predicted molar refractivity (Wildman–Crippen MR) is 149 cm³/mol. The van der Waals surface area contributed by atoms with Gasteiger partial charge in [0.15, 0.2) is 5.65 Å². The van der Waals surface area contributed by atoms with Crippen LogP contribution in [0.15, 0.2) is 63.6 Å².